The Morgan fingerprint density at radius 2 is 1.67 bits per heavy atom. The monoisotopic (exact) mass is 522 g/mol. The summed E-state index contributed by atoms with van der Waals surface area (Å²) in [5, 5.41) is 3.60. The van der Waals surface area contributed by atoms with Crippen LogP contribution in [0.2, 0.25) is 0 Å². The smallest absolute Gasteiger partial charge is 0.193 e. The standard InChI is InChI=1S/C24H34N4O.HI/c1-25-24(26-19-21(27(2)3)18-20-10-6-4-7-11-20)28-16-14-23(15-17-28)29-22-12-8-5-9-13-22;/h4-13,21,23H,14-19H2,1-3H3,(H,25,26);1H. The van der Waals surface area contributed by atoms with Gasteiger partial charge in [0.15, 0.2) is 5.96 Å². The van der Waals surface area contributed by atoms with Crippen molar-refractivity contribution < 1.29 is 4.74 Å². The normalized spacial score (nSPS) is 16.1. The van der Waals surface area contributed by atoms with Crippen LogP contribution in [0.4, 0.5) is 0 Å². The fraction of sp³-hybridized carbons (Fsp3) is 0.458. The number of nitrogens with zero attached hydrogens (tertiary/aromatic N) is 3. The second-order valence-electron chi connectivity index (χ2n) is 7.85. The van der Waals surface area contributed by atoms with Gasteiger partial charge in [0.1, 0.15) is 11.9 Å². The van der Waals surface area contributed by atoms with Gasteiger partial charge in [-0.25, -0.2) is 0 Å². The molecule has 6 heteroatoms. The highest BCUT2D eigenvalue weighted by Crippen LogP contribution is 2.18. The lowest BCUT2D eigenvalue weighted by atomic mass is 10.1. The fourth-order valence-electron chi connectivity index (χ4n) is 3.74. The molecule has 1 heterocycles. The highest BCUT2D eigenvalue weighted by molar-refractivity contribution is 14.0. The third kappa shape index (κ3) is 7.47. The topological polar surface area (TPSA) is 40.1 Å². The van der Waals surface area contributed by atoms with Crippen molar-refractivity contribution in [2.75, 3.05) is 40.8 Å². The Hall–Kier alpha value is -1.80. The summed E-state index contributed by atoms with van der Waals surface area (Å²) in [6.45, 7) is 2.79. The summed E-state index contributed by atoms with van der Waals surface area (Å²) in [5.41, 5.74) is 1.36. The number of likely N-dealkylation sites (tertiary alicyclic amines) is 1. The third-order valence-corrected chi connectivity index (χ3v) is 5.54. The van der Waals surface area contributed by atoms with Crippen LogP contribution in [0.1, 0.15) is 18.4 Å². The van der Waals surface area contributed by atoms with Crippen molar-refractivity contribution in [2.24, 2.45) is 4.99 Å². The van der Waals surface area contributed by atoms with Gasteiger partial charge in [0.2, 0.25) is 0 Å². The Morgan fingerprint density at radius 3 is 2.23 bits per heavy atom. The maximum atomic E-state index is 6.12. The van der Waals surface area contributed by atoms with E-state index in [9.17, 15) is 0 Å². The van der Waals surface area contributed by atoms with Gasteiger partial charge in [-0.15, -0.1) is 24.0 Å². The number of hydrogen-bond donors (Lipinski definition) is 1. The van der Waals surface area contributed by atoms with Gasteiger partial charge in [0.05, 0.1) is 0 Å². The summed E-state index contributed by atoms with van der Waals surface area (Å²) in [7, 11) is 6.16. The van der Waals surface area contributed by atoms with Gasteiger partial charge in [-0.1, -0.05) is 48.5 Å². The molecule has 0 aliphatic carbocycles. The maximum Gasteiger partial charge on any atom is 0.193 e. The number of rotatable bonds is 7. The molecular formula is C24H35IN4O. The zero-order chi connectivity index (χ0) is 20.5. The van der Waals surface area contributed by atoms with Crippen molar-refractivity contribution in [3.05, 3.63) is 66.2 Å². The molecule has 1 atom stereocenters. The minimum absolute atomic E-state index is 0. The first-order valence-electron chi connectivity index (χ1n) is 10.5. The average Bonchev–Trinajstić information content (AvgIpc) is 2.75. The average molecular weight is 522 g/mol. The van der Waals surface area contributed by atoms with Crippen LogP contribution < -0.4 is 10.1 Å². The molecule has 1 saturated heterocycles. The van der Waals surface area contributed by atoms with Crippen LogP contribution in [0.3, 0.4) is 0 Å². The molecule has 1 aliphatic heterocycles. The molecule has 0 bridgehead atoms. The molecule has 1 unspecified atom stereocenters. The summed E-state index contributed by atoms with van der Waals surface area (Å²) < 4.78 is 6.12. The number of guanidine groups is 1. The fourth-order valence-corrected chi connectivity index (χ4v) is 3.74. The van der Waals surface area contributed by atoms with Gasteiger partial charge >= 0.3 is 0 Å². The quantitative estimate of drug-likeness (QED) is 0.340. The molecule has 0 aromatic heterocycles. The SMILES string of the molecule is CN=C(NCC(Cc1ccccc1)N(C)C)N1CCC(Oc2ccccc2)CC1.I. The van der Waals surface area contributed by atoms with Gasteiger partial charge in [0.25, 0.3) is 0 Å². The maximum absolute atomic E-state index is 6.12. The molecule has 1 N–H and O–H groups in total. The van der Waals surface area contributed by atoms with Crippen LogP contribution in [0.5, 0.6) is 5.75 Å². The second-order valence-corrected chi connectivity index (χ2v) is 7.85. The predicted octanol–water partition coefficient (Wildman–Crippen LogP) is 3.90. The number of para-hydroxylation sites is 1. The molecule has 2 aromatic rings. The van der Waals surface area contributed by atoms with Crippen molar-refractivity contribution in [3.8, 4) is 5.75 Å². The number of nitrogens with one attached hydrogen (secondary N) is 1. The molecule has 0 amide bonds. The Kier molecular flexibility index (Phi) is 10.4. The number of hydrogen-bond acceptors (Lipinski definition) is 3. The zero-order valence-corrected chi connectivity index (χ0v) is 20.7. The van der Waals surface area contributed by atoms with E-state index in [0.29, 0.717) is 6.04 Å². The number of benzene rings is 2. The Bertz CT molecular complexity index is 746. The number of likely N-dealkylation sites (N-methyl/N-ethyl adjacent to an activating group) is 1. The molecule has 0 radical (unpaired) electrons. The molecule has 0 spiro atoms. The summed E-state index contributed by atoms with van der Waals surface area (Å²) in [5.74, 6) is 1.95. The first kappa shape index (κ1) is 24.5. The van der Waals surface area contributed by atoms with Crippen molar-refractivity contribution in [1.82, 2.24) is 15.1 Å². The van der Waals surface area contributed by atoms with Gasteiger partial charge in [0, 0.05) is 45.6 Å². The van der Waals surface area contributed by atoms with Gasteiger partial charge in [-0.2, -0.15) is 0 Å². The van der Waals surface area contributed by atoms with Crippen LogP contribution in [0.25, 0.3) is 0 Å². The van der Waals surface area contributed by atoms with Crippen molar-refractivity contribution in [3.63, 3.8) is 0 Å². The number of aliphatic imine (C=N–C) groups is 1. The third-order valence-electron chi connectivity index (χ3n) is 5.54. The first-order chi connectivity index (χ1) is 14.2. The lowest BCUT2D eigenvalue weighted by Crippen LogP contribution is -2.50. The first-order valence-corrected chi connectivity index (χ1v) is 10.5. The van der Waals surface area contributed by atoms with Crippen molar-refractivity contribution in [2.45, 2.75) is 31.4 Å². The summed E-state index contributed by atoms with van der Waals surface area (Å²) in [4.78, 5) is 9.16. The van der Waals surface area contributed by atoms with E-state index in [1.54, 1.807) is 0 Å². The molecule has 30 heavy (non-hydrogen) atoms. The number of halogens is 1. The van der Waals surface area contributed by atoms with E-state index in [0.717, 1.165) is 50.6 Å². The Balaban J connectivity index is 0.00000320. The molecule has 5 nitrogen and oxygen atoms in total. The zero-order valence-electron chi connectivity index (χ0n) is 18.3. The van der Waals surface area contributed by atoms with E-state index in [2.05, 4.69) is 64.5 Å². The van der Waals surface area contributed by atoms with Crippen LogP contribution in [0.15, 0.2) is 65.7 Å². The van der Waals surface area contributed by atoms with Crippen LogP contribution in [-0.4, -0.2) is 68.7 Å². The highest BCUT2D eigenvalue weighted by Gasteiger charge is 2.23. The molecular weight excluding hydrogens is 487 g/mol. The molecule has 3 rings (SSSR count). The molecule has 1 aliphatic rings. The molecule has 1 fully saturated rings. The lowest BCUT2D eigenvalue weighted by Gasteiger charge is -2.35. The van der Waals surface area contributed by atoms with E-state index >= 15 is 0 Å². The van der Waals surface area contributed by atoms with Crippen molar-refractivity contribution >= 4 is 29.9 Å². The predicted molar refractivity (Wildman–Crippen MR) is 136 cm³/mol. The van der Waals surface area contributed by atoms with Gasteiger partial charge < -0.3 is 19.9 Å². The minimum atomic E-state index is 0. The van der Waals surface area contributed by atoms with Gasteiger partial charge in [-0.05, 0) is 38.2 Å². The van der Waals surface area contributed by atoms with E-state index < -0.39 is 0 Å². The highest BCUT2D eigenvalue weighted by atomic mass is 127. The van der Waals surface area contributed by atoms with E-state index in [-0.39, 0.29) is 30.1 Å². The Morgan fingerprint density at radius 1 is 1.07 bits per heavy atom. The van der Waals surface area contributed by atoms with E-state index in [1.165, 1.54) is 5.56 Å². The van der Waals surface area contributed by atoms with Crippen molar-refractivity contribution in [1.29, 1.82) is 0 Å². The summed E-state index contributed by atoms with van der Waals surface area (Å²) in [6, 6.07) is 21.2. The van der Waals surface area contributed by atoms with E-state index in [1.807, 2.05) is 37.4 Å². The minimum Gasteiger partial charge on any atom is -0.490 e. The number of ether oxygens (including phenoxy) is 1. The van der Waals surface area contributed by atoms with Gasteiger partial charge in [-0.3, -0.25) is 4.99 Å². The van der Waals surface area contributed by atoms with Crippen LogP contribution in [0, 0.1) is 0 Å². The van der Waals surface area contributed by atoms with E-state index in [4.69, 9.17) is 4.74 Å². The number of piperidine rings is 1. The molecule has 164 valence electrons. The van der Waals surface area contributed by atoms with Crippen LogP contribution >= 0.6 is 24.0 Å². The second kappa shape index (κ2) is 12.8. The largest absolute Gasteiger partial charge is 0.490 e. The summed E-state index contributed by atoms with van der Waals surface area (Å²) in [6.07, 6.45) is 3.32. The van der Waals surface area contributed by atoms with Crippen LogP contribution in [-0.2, 0) is 6.42 Å². The lowest BCUT2D eigenvalue weighted by molar-refractivity contribution is 0.129. The molecule has 0 saturated carbocycles. The Labute approximate surface area is 198 Å². The molecule has 2 aromatic carbocycles. The summed E-state index contributed by atoms with van der Waals surface area (Å²) >= 11 is 0.